The van der Waals surface area contributed by atoms with E-state index in [1.807, 2.05) is 6.07 Å². The van der Waals surface area contributed by atoms with E-state index in [2.05, 4.69) is 60.9 Å². The molecule has 0 N–H and O–H groups in total. The summed E-state index contributed by atoms with van der Waals surface area (Å²) in [5, 5.41) is 0. The standard InChI is InChI=1S/C14H10Br2N2O/c1-2-8-3-11(16)13-12(4-8)18-14(19-13)9-5-10(15)7-17-6-9/h3-7H,2H2,1H3. The van der Waals surface area contributed by atoms with Gasteiger partial charge in [-0.3, -0.25) is 4.98 Å². The van der Waals surface area contributed by atoms with Crippen molar-refractivity contribution in [2.24, 2.45) is 0 Å². The zero-order valence-electron chi connectivity index (χ0n) is 10.2. The van der Waals surface area contributed by atoms with Crippen molar-refractivity contribution in [1.82, 2.24) is 9.97 Å². The molecule has 0 amide bonds. The number of aryl methyl sites for hydroxylation is 1. The normalized spacial score (nSPS) is 11.1. The smallest absolute Gasteiger partial charge is 0.228 e. The lowest BCUT2D eigenvalue weighted by molar-refractivity contribution is 0.617. The highest BCUT2D eigenvalue weighted by molar-refractivity contribution is 9.11. The van der Waals surface area contributed by atoms with Crippen LogP contribution in [0.5, 0.6) is 0 Å². The predicted octanol–water partition coefficient (Wildman–Crippen LogP) is 4.98. The quantitative estimate of drug-likeness (QED) is 0.628. The van der Waals surface area contributed by atoms with Gasteiger partial charge in [-0.25, -0.2) is 4.98 Å². The molecule has 0 saturated heterocycles. The minimum Gasteiger partial charge on any atom is -0.435 e. The van der Waals surface area contributed by atoms with Gasteiger partial charge in [0.1, 0.15) is 5.52 Å². The Morgan fingerprint density at radius 2 is 2.00 bits per heavy atom. The molecule has 3 aromatic rings. The third-order valence-corrected chi connectivity index (χ3v) is 3.89. The fourth-order valence-electron chi connectivity index (χ4n) is 1.90. The summed E-state index contributed by atoms with van der Waals surface area (Å²) in [7, 11) is 0. The lowest BCUT2D eigenvalue weighted by Gasteiger charge is -1.97. The number of aromatic nitrogens is 2. The van der Waals surface area contributed by atoms with Gasteiger partial charge < -0.3 is 4.42 Å². The maximum atomic E-state index is 5.82. The molecule has 1 aromatic carbocycles. The first kappa shape index (κ1) is 12.8. The van der Waals surface area contributed by atoms with Crippen LogP contribution in [0.4, 0.5) is 0 Å². The van der Waals surface area contributed by atoms with Crippen molar-refractivity contribution in [3.8, 4) is 11.5 Å². The van der Waals surface area contributed by atoms with Gasteiger partial charge in [-0.1, -0.05) is 6.92 Å². The van der Waals surface area contributed by atoms with E-state index < -0.39 is 0 Å². The van der Waals surface area contributed by atoms with Gasteiger partial charge in [0.25, 0.3) is 0 Å². The molecule has 3 rings (SSSR count). The Hall–Kier alpha value is -1.20. The maximum Gasteiger partial charge on any atom is 0.228 e. The predicted molar refractivity (Wildman–Crippen MR) is 82.0 cm³/mol. The molecule has 3 nitrogen and oxygen atoms in total. The first-order valence-corrected chi connectivity index (χ1v) is 7.46. The third-order valence-electron chi connectivity index (χ3n) is 2.86. The summed E-state index contributed by atoms with van der Waals surface area (Å²) in [6.07, 6.45) is 4.44. The monoisotopic (exact) mass is 380 g/mol. The second kappa shape index (κ2) is 5.06. The molecule has 0 aliphatic carbocycles. The Morgan fingerprint density at radius 3 is 2.74 bits per heavy atom. The van der Waals surface area contributed by atoms with Crippen molar-refractivity contribution in [3.63, 3.8) is 0 Å². The molecule has 0 aliphatic rings. The zero-order valence-corrected chi connectivity index (χ0v) is 13.3. The first-order valence-electron chi connectivity index (χ1n) is 5.87. The number of halogens is 2. The fraction of sp³-hybridized carbons (Fsp3) is 0.143. The number of benzene rings is 1. The molecule has 0 atom stereocenters. The first-order chi connectivity index (χ1) is 9.17. The second-order valence-corrected chi connectivity index (χ2v) is 5.96. The van der Waals surface area contributed by atoms with Crippen LogP contribution in [0.25, 0.3) is 22.6 Å². The molecule has 0 aliphatic heterocycles. The minimum atomic E-state index is 0.581. The molecule has 0 spiro atoms. The van der Waals surface area contributed by atoms with Crippen molar-refractivity contribution in [1.29, 1.82) is 0 Å². The van der Waals surface area contributed by atoms with E-state index in [9.17, 15) is 0 Å². The number of hydrogen-bond donors (Lipinski definition) is 0. The number of oxazole rings is 1. The summed E-state index contributed by atoms with van der Waals surface area (Å²) >= 11 is 6.93. The average molecular weight is 382 g/mol. The van der Waals surface area contributed by atoms with Crippen molar-refractivity contribution in [3.05, 3.63) is 45.1 Å². The van der Waals surface area contributed by atoms with Crippen LogP contribution in [0.3, 0.4) is 0 Å². The van der Waals surface area contributed by atoms with Crippen LogP contribution in [-0.4, -0.2) is 9.97 Å². The largest absolute Gasteiger partial charge is 0.435 e. The summed E-state index contributed by atoms with van der Waals surface area (Å²) in [5.74, 6) is 0.581. The van der Waals surface area contributed by atoms with Crippen molar-refractivity contribution in [2.45, 2.75) is 13.3 Å². The van der Waals surface area contributed by atoms with E-state index in [4.69, 9.17) is 4.42 Å². The van der Waals surface area contributed by atoms with Crippen LogP contribution in [0, 0.1) is 0 Å². The molecule has 0 unspecified atom stereocenters. The summed E-state index contributed by atoms with van der Waals surface area (Å²) in [6, 6.07) is 6.06. The van der Waals surface area contributed by atoms with Crippen LogP contribution in [-0.2, 0) is 6.42 Å². The van der Waals surface area contributed by atoms with E-state index in [1.165, 1.54) is 5.56 Å². The zero-order chi connectivity index (χ0) is 13.4. The molecule has 19 heavy (non-hydrogen) atoms. The molecule has 2 aromatic heterocycles. The van der Waals surface area contributed by atoms with Crippen LogP contribution < -0.4 is 0 Å². The molecule has 96 valence electrons. The molecule has 5 heteroatoms. The van der Waals surface area contributed by atoms with Crippen molar-refractivity contribution >= 4 is 43.0 Å². The average Bonchev–Trinajstić information content (AvgIpc) is 2.83. The summed E-state index contributed by atoms with van der Waals surface area (Å²) < 4.78 is 7.66. The Morgan fingerprint density at radius 1 is 1.16 bits per heavy atom. The SMILES string of the molecule is CCc1cc(Br)c2oc(-c3cncc(Br)c3)nc2c1. The summed E-state index contributed by atoms with van der Waals surface area (Å²) in [5.41, 5.74) is 3.72. The highest BCUT2D eigenvalue weighted by atomic mass is 79.9. The Balaban J connectivity index is 2.19. The molecule has 2 heterocycles. The van der Waals surface area contributed by atoms with Gasteiger partial charge in [-0.05, 0) is 62.0 Å². The third kappa shape index (κ3) is 2.44. The van der Waals surface area contributed by atoms with Crippen LogP contribution >= 0.6 is 31.9 Å². The van der Waals surface area contributed by atoms with E-state index in [1.54, 1.807) is 12.4 Å². The highest BCUT2D eigenvalue weighted by Gasteiger charge is 2.12. The second-order valence-electron chi connectivity index (χ2n) is 4.19. The van der Waals surface area contributed by atoms with Crippen molar-refractivity contribution in [2.75, 3.05) is 0 Å². The minimum absolute atomic E-state index is 0.581. The number of rotatable bonds is 2. The van der Waals surface area contributed by atoms with E-state index in [0.717, 1.165) is 32.0 Å². The van der Waals surface area contributed by atoms with E-state index in [-0.39, 0.29) is 0 Å². The summed E-state index contributed by atoms with van der Waals surface area (Å²) in [4.78, 5) is 8.66. The van der Waals surface area contributed by atoms with Gasteiger partial charge in [0.15, 0.2) is 5.58 Å². The maximum absolute atomic E-state index is 5.82. The number of fused-ring (bicyclic) bond motifs is 1. The van der Waals surface area contributed by atoms with E-state index in [0.29, 0.717) is 5.89 Å². The summed E-state index contributed by atoms with van der Waals surface area (Å²) in [6.45, 7) is 2.12. The van der Waals surface area contributed by atoms with Crippen LogP contribution in [0.1, 0.15) is 12.5 Å². The van der Waals surface area contributed by atoms with Gasteiger partial charge in [0.2, 0.25) is 5.89 Å². The molecule has 0 saturated carbocycles. The molecule has 0 radical (unpaired) electrons. The Labute approximate surface area is 127 Å². The van der Waals surface area contributed by atoms with Gasteiger partial charge in [0, 0.05) is 16.9 Å². The Bertz CT molecular complexity index is 752. The number of pyridine rings is 1. The molecule has 0 bridgehead atoms. The van der Waals surface area contributed by atoms with Gasteiger partial charge in [-0.2, -0.15) is 0 Å². The van der Waals surface area contributed by atoms with Gasteiger partial charge in [0.05, 0.1) is 10.0 Å². The van der Waals surface area contributed by atoms with Crippen LogP contribution in [0.15, 0.2) is 44.0 Å². The topological polar surface area (TPSA) is 38.9 Å². The fourth-order valence-corrected chi connectivity index (χ4v) is 2.85. The highest BCUT2D eigenvalue weighted by Crippen LogP contribution is 2.31. The van der Waals surface area contributed by atoms with Gasteiger partial charge in [-0.15, -0.1) is 0 Å². The van der Waals surface area contributed by atoms with Crippen LogP contribution in [0.2, 0.25) is 0 Å². The Kier molecular flexibility index (Phi) is 3.41. The van der Waals surface area contributed by atoms with E-state index >= 15 is 0 Å². The molecular formula is C14H10Br2N2O. The van der Waals surface area contributed by atoms with Crippen molar-refractivity contribution < 1.29 is 4.42 Å². The number of nitrogens with zero attached hydrogens (tertiary/aromatic N) is 2. The van der Waals surface area contributed by atoms with Gasteiger partial charge >= 0.3 is 0 Å². The lowest BCUT2D eigenvalue weighted by atomic mass is 10.1. The number of hydrogen-bond acceptors (Lipinski definition) is 3. The molecular weight excluding hydrogens is 372 g/mol. The lowest BCUT2D eigenvalue weighted by Crippen LogP contribution is -1.81. The molecule has 0 fully saturated rings.